The molecule has 0 fully saturated rings. The minimum Gasteiger partial charge on any atom is -0.313 e. The third-order valence-electron chi connectivity index (χ3n) is 1.91. The van der Waals surface area contributed by atoms with E-state index in [9.17, 15) is 0 Å². The van der Waals surface area contributed by atoms with Gasteiger partial charge in [0, 0.05) is 6.54 Å². The van der Waals surface area contributed by atoms with Crippen LogP contribution in [0.25, 0.3) is 0 Å². The smallest absolute Gasteiger partial charge is 0.0205 e. The van der Waals surface area contributed by atoms with Crippen molar-refractivity contribution in [1.29, 1.82) is 0 Å². The Morgan fingerprint density at radius 2 is 1.85 bits per heavy atom. The highest BCUT2D eigenvalue weighted by atomic mass is 127. The second-order valence-electron chi connectivity index (χ2n) is 3.06. The van der Waals surface area contributed by atoms with Crippen molar-refractivity contribution in [2.75, 3.05) is 11.0 Å². The van der Waals surface area contributed by atoms with E-state index in [1.54, 1.807) is 0 Å². The SMILES string of the molecule is ICCCCNCc1ccccc1. The van der Waals surface area contributed by atoms with Gasteiger partial charge in [-0.3, -0.25) is 0 Å². The van der Waals surface area contributed by atoms with E-state index < -0.39 is 0 Å². The van der Waals surface area contributed by atoms with Gasteiger partial charge < -0.3 is 5.32 Å². The molecule has 0 saturated carbocycles. The predicted molar refractivity (Wildman–Crippen MR) is 66.3 cm³/mol. The van der Waals surface area contributed by atoms with Crippen LogP contribution < -0.4 is 5.32 Å². The summed E-state index contributed by atoms with van der Waals surface area (Å²) >= 11 is 2.42. The number of halogens is 1. The van der Waals surface area contributed by atoms with Crippen LogP contribution in [0.5, 0.6) is 0 Å². The third-order valence-corrected chi connectivity index (χ3v) is 2.67. The van der Waals surface area contributed by atoms with Crippen LogP contribution in [0.2, 0.25) is 0 Å². The van der Waals surface area contributed by atoms with Gasteiger partial charge in [-0.15, -0.1) is 0 Å². The maximum Gasteiger partial charge on any atom is 0.0205 e. The number of benzene rings is 1. The molecule has 0 spiro atoms. The minimum atomic E-state index is 1.00. The Kier molecular flexibility index (Phi) is 6.19. The van der Waals surface area contributed by atoms with E-state index in [0.29, 0.717) is 0 Å². The maximum atomic E-state index is 3.43. The maximum absolute atomic E-state index is 3.43. The van der Waals surface area contributed by atoms with Gasteiger partial charge in [0.2, 0.25) is 0 Å². The Morgan fingerprint density at radius 3 is 2.54 bits per heavy atom. The molecule has 1 N–H and O–H groups in total. The summed E-state index contributed by atoms with van der Waals surface area (Å²) < 4.78 is 1.27. The summed E-state index contributed by atoms with van der Waals surface area (Å²) in [6, 6.07) is 10.5. The fraction of sp³-hybridized carbons (Fsp3) is 0.455. The molecule has 1 rings (SSSR count). The standard InChI is InChI=1S/C11H16IN/c12-8-4-5-9-13-10-11-6-2-1-3-7-11/h1-3,6-7,13H,4-5,8-10H2. The van der Waals surface area contributed by atoms with Crippen LogP contribution in [-0.2, 0) is 6.54 Å². The molecular weight excluding hydrogens is 273 g/mol. The quantitative estimate of drug-likeness (QED) is 0.482. The van der Waals surface area contributed by atoms with Gasteiger partial charge in [-0.2, -0.15) is 0 Å². The fourth-order valence-electron chi connectivity index (χ4n) is 1.17. The van der Waals surface area contributed by atoms with E-state index in [0.717, 1.165) is 13.1 Å². The molecule has 0 aliphatic heterocycles. The zero-order valence-electron chi connectivity index (χ0n) is 7.80. The lowest BCUT2D eigenvalue weighted by Gasteiger charge is -2.03. The van der Waals surface area contributed by atoms with Gasteiger partial charge in [-0.05, 0) is 29.4 Å². The molecule has 1 aromatic carbocycles. The Bertz CT molecular complexity index is 211. The first kappa shape index (κ1) is 11.0. The van der Waals surface area contributed by atoms with E-state index in [2.05, 4.69) is 58.2 Å². The summed E-state index contributed by atoms with van der Waals surface area (Å²) in [5, 5.41) is 3.43. The van der Waals surface area contributed by atoms with Crippen LogP contribution in [0.15, 0.2) is 30.3 Å². The predicted octanol–water partition coefficient (Wildman–Crippen LogP) is 2.99. The van der Waals surface area contributed by atoms with Crippen molar-refractivity contribution in [3.63, 3.8) is 0 Å². The summed E-state index contributed by atoms with van der Waals surface area (Å²) in [5.41, 5.74) is 1.37. The Balaban J connectivity index is 2.07. The summed E-state index contributed by atoms with van der Waals surface area (Å²) in [7, 11) is 0. The second-order valence-corrected chi connectivity index (χ2v) is 4.14. The van der Waals surface area contributed by atoms with E-state index >= 15 is 0 Å². The average molecular weight is 289 g/mol. The molecule has 0 atom stereocenters. The van der Waals surface area contributed by atoms with E-state index in [1.807, 2.05) is 0 Å². The number of alkyl halides is 1. The van der Waals surface area contributed by atoms with Crippen LogP contribution in [-0.4, -0.2) is 11.0 Å². The van der Waals surface area contributed by atoms with Crippen molar-refractivity contribution in [1.82, 2.24) is 5.32 Å². The molecule has 2 heteroatoms. The lowest BCUT2D eigenvalue weighted by Crippen LogP contribution is -2.14. The minimum absolute atomic E-state index is 1.00. The molecule has 0 amide bonds. The molecule has 0 bridgehead atoms. The molecule has 0 radical (unpaired) electrons. The van der Waals surface area contributed by atoms with E-state index in [4.69, 9.17) is 0 Å². The first-order chi connectivity index (χ1) is 6.43. The van der Waals surface area contributed by atoms with E-state index in [1.165, 1.54) is 22.8 Å². The van der Waals surface area contributed by atoms with Crippen molar-refractivity contribution in [2.45, 2.75) is 19.4 Å². The van der Waals surface area contributed by atoms with Crippen LogP contribution in [0, 0.1) is 0 Å². The molecule has 0 saturated heterocycles. The Labute approximate surface area is 94.1 Å². The van der Waals surface area contributed by atoms with E-state index in [-0.39, 0.29) is 0 Å². The molecular formula is C11H16IN. The van der Waals surface area contributed by atoms with Crippen LogP contribution in [0.4, 0.5) is 0 Å². The Hall–Kier alpha value is -0.0900. The second kappa shape index (κ2) is 7.33. The number of hydrogen-bond acceptors (Lipinski definition) is 1. The average Bonchev–Trinajstić information content (AvgIpc) is 2.19. The number of rotatable bonds is 6. The van der Waals surface area contributed by atoms with Crippen molar-refractivity contribution in [3.05, 3.63) is 35.9 Å². The summed E-state index contributed by atoms with van der Waals surface area (Å²) in [5.74, 6) is 0. The van der Waals surface area contributed by atoms with Crippen molar-refractivity contribution in [2.24, 2.45) is 0 Å². The summed E-state index contributed by atoms with van der Waals surface area (Å²) in [4.78, 5) is 0. The molecule has 1 nitrogen and oxygen atoms in total. The van der Waals surface area contributed by atoms with Gasteiger partial charge >= 0.3 is 0 Å². The highest BCUT2D eigenvalue weighted by Crippen LogP contribution is 1.98. The zero-order chi connectivity index (χ0) is 9.36. The number of hydrogen-bond donors (Lipinski definition) is 1. The van der Waals surface area contributed by atoms with Crippen LogP contribution in [0.1, 0.15) is 18.4 Å². The van der Waals surface area contributed by atoms with Crippen LogP contribution in [0.3, 0.4) is 0 Å². The molecule has 0 heterocycles. The van der Waals surface area contributed by atoms with Gasteiger partial charge in [-0.25, -0.2) is 0 Å². The van der Waals surface area contributed by atoms with Gasteiger partial charge in [-0.1, -0.05) is 52.9 Å². The first-order valence-corrected chi connectivity index (χ1v) is 6.26. The van der Waals surface area contributed by atoms with Crippen LogP contribution >= 0.6 is 22.6 Å². The number of nitrogens with one attached hydrogen (secondary N) is 1. The van der Waals surface area contributed by atoms with Crippen molar-refractivity contribution >= 4 is 22.6 Å². The van der Waals surface area contributed by atoms with Crippen molar-refractivity contribution < 1.29 is 0 Å². The molecule has 1 aromatic rings. The van der Waals surface area contributed by atoms with Gasteiger partial charge in [0.05, 0.1) is 0 Å². The van der Waals surface area contributed by atoms with Gasteiger partial charge in [0.15, 0.2) is 0 Å². The van der Waals surface area contributed by atoms with Crippen molar-refractivity contribution in [3.8, 4) is 0 Å². The Morgan fingerprint density at radius 1 is 1.08 bits per heavy atom. The van der Waals surface area contributed by atoms with Gasteiger partial charge in [0.25, 0.3) is 0 Å². The first-order valence-electron chi connectivity index (χ1n) is 4.74. The molecule has 13 heavy (non-hydrogen) atoms. The lowest BCUT2D eigenvalue weighted by molar-refractivity contribution is 0.646. The molecule has 0 aliphatic rings. The monoisotopic (exact) mass is 289 g/mol. The molecule has 0 unspecified atom stereocenters. The fourth-order valence-corrected chi connectivity index (χ4v) is 1.71. The molecule has 0 aromatic heterocycles. The van der Waals surface area contributed by atoms with Gasteiger partial charge in [0.1, 0.15) is 0 Å². The largest absolute Gasteiger partial charge is 0.313 e. The highest BCUT2D eigenvalue weighted by Gasteiger charge is 1.90. The lowest BCUT2D eigenvalue weighted by atomic mass is 10.2. The summed E-state index contributed by atoms with van der Waals surface area (Å²) in [6.07, 6.45) is 2.61. The zero-order valence-corrected chi connectivity index (χ0v) is 9.96. The molecule has 72 valence electrons. The summed E-state index contributed by atoms with van der Waals surface area (Å²) in [6.45, 7) is 2.14. The third kappa shape index (κ3) is 5.26. The normalized spacial score (nSPS) is 10.2. The highest BCUT2D eigenvalue weighted by molar-refractivity contribution is 14.1. The number of unbranched alkanes of at least 4 members (excludes halogenated alkanes) is 1. The topological polar surface area (TPSA) is 12.0 Å². The molecule has 0 aliphatic carbocycles.